The molecule has 1 aromatic heterocycles. The molecule has 6 heteroatoms. The third-order valence-corrected chi connectivity index (χ3v) is 3.65. The molecule has 1 aliphatic rings. The van der Waals surface area contributed by atoms with Crippen LogP contribution in [0.1, 0.15) is 28.9 Å². The van der Waals surface area contributed by atoms with Gasteiger partial charge >= 0.3 is 5.97 Å². The molecule has 1 aromatic rings. The van der Waals surface area contributed by atoms with Crippen molar-refractivity contribution in [3.05, 3.63) is 23.8 Å². The molecule has 0 radical (unpaired) electrons. The molecular formula is C13H20N4O2. The van der Waals surface area contributed by atoms with Crippen molar-refractivity contribution < 1.29 is 9.90 Å². The summed E-state index contributed by atoms with van der Waals surface area (Å²) < 4.78 is 0. The van der Waals surface area contributed by atoms with Crippen molar-refractivity contribution in [2.24, 2.45) is 0 Å². The van der Waals surface area contributed by atoms with Crippen LogP contribution in [0.15, 0.2) is 12.5 Å². The summed E-state index contributed by atoms with van der Waals surface area (Å²) in [5, 5.41) is 9.12. The molecule has 0 saturated carbocycles. The standard InChI is InChI=1S/C13H20N4O2/c1-16-5-3-4-10(7-16)17(2)8-12-11(13(18)19)6-14-9-15-12/h6,9-10H,3-5,7-8H2,1-2H3,(H,18,19). The molecule has 6 nitrogen and oxygen atoms in total. The van der Waals surface area contributed by atoms with Crippen LogP contribution in [0.25, 0.3) is 0 Å². The maximum atomic E-state index is 11.1. The summed E-state index contributed by atoms with van der Waals surface area (Å²) in [6.45, 7) is 2.70. The fourth-order valence-corrected chi connectivity index (χ4v) is 2.52. The molecular weight excluding hydrogens is 244 g/mol. The van der Waals surface area contributed by atoms with E-state index in [1.54, 1.807) is 0 Å². The zero-order valence-electron chi connectivity index (χ0n) is 11.4. The number of carbonyl (C=O) groups is 1. The van der Waals surface area contributed by atoms with Gasteiger partial charge in [-0.1, -0.05) is 0 Å². The number of aromatic nitrogens is 2. The van der Waals surface area contributed by atoms with E-state index >= 15 is 0 Å². The Labute approximate surface area is 113 Å². The number of nitrogens with zero attached hydrogens (tertiary/aromatic N) is 4. The van der Waals surface area contributed by atoms with Crippen LogP contribution in [-0.4, -0.2) is 64.1 Å². The van der Waals surface area contributed by atoms with Crippen molar-refractivity contribution in [2.45, 2.75) is 25.4 Å². The monoisotopic (exact) mass is 264 g/mol. The Bertz CT molecular complexity index is 452. The second kappa shape index (κ2) is 6.08. The van der Waals surface area contributed by atoms with Gasteiger partial charge in [0.1, 0.15) is 11.9 Å². The largest absolute Gasteiger partial charge is 0.478 e. The summed E-state index contributed by atoms with van der Waals surface area (Å²) in [5.74, 6) is -0.968. The van der Waals surface area contributed by atoms with Crippen LogP contribution in [0.5, 0.6) is 0 Å². The highest BCUT2D eigenvalue weighted by atomic mass is 16.4. The van der Waals surface area contributed by atoms with E-state index < -0.39 is 5.97 Å². The van der Waals surface area contributed by atoms with Gasteiger partial charge in [-0.2, -0.15) is 0 Å². The molecule has 0 spiro atoms. The normalized spacial score (nSPS) is 20.7. The minimum atomic E-state index is -0.968. The van der Waals surface area contributed by atoms with E-state index in [0.29, 0.717) is 18.3 Å². The predicted molar refractivity (Wildman–Crippen MR) is 71.0 cm³/mol. The SMILES string of the molecule is CN1CCCC(N(C)Cc2ncncc2C(=O)O)C1. The summed E-state index contributed by atoms with van der Waals surface area (Å²) in [5.41, 5.74) is 0.775. The number of likely N-dealkylation sites (N-methyl/N-ethyl adjacent to an activating group) is 2. The van der Waals surface area contributed by atoms with Crippen molar-refractivity contribution in [1.82, 2.24) is 19.8 Å². The average Bonchev–Trinajstić information content (AvgIpc) is 2.39. The number of hydrogen-bond donors (Lipinski definition) is 1. The van der Waals surface area contributed by atoms with Crippen molar-refractivity contribution in [3.8, 4) is 0 Å². The maximum Gasteiger partial charge on any atom is 0.339 e. The third-order valence-electron chi connectivity index (χ3n) is 3.65. The Kier molecular flexibility index (Phi) is 4.44. The first-order chi connectivity index (χ1) is 9.08. The van der Waals surface area contributed by atoms with E-state index in [9.17, 15) is 4.79 Å². The van der Waals surface area contributed by atoms with E-state index in [1.807, 2.05) is 7.05 Å². The molecule has 19 heavy (non-hydrogen) atoms. The summed E-state index contributed by atoms with van der Waals surface area (Å²) in [7, 11) is 4.14. The zero-order chi connectivity index (χ0) is 13.8. The first-order valence-corrected chi connectivity index (χ1v) is 6.49. The number of carboxylic acids is 1. The molecule has 2 heterocycles. The quantitative estimate of drug-likeness (QED) is 0.863. The summed E-state index contributed by atoms with van der Waals surface area (Å²) in [6.07, 6.45) is 5.10. The minimum absolute atomic E-state index is 0.193. The first kappa shape index (κ1) is 13.9. The van der Waals surface area contributed by atoms with E-state index in [0.717, 1.165) is 19.5 Å². The lowest BCUT2D eigenvalue weighted by atomic mass is 10.0. The number of hydrogen-bond acceptors (Lipinski definition) is 5. The van der Waals surface area contributed by atoms with Crippen LogP contribution >= 0.6 is 0 Å². The number of rotatable bonds is 4. The number of piperidine rings is 1. The van der Waals surface area contributed by atoms with Crippen molar-refractivity contribution in [1.29, 1.82) is 0 Å². The van der Waals surface area contributed by atoms with Gasteiger partial charge in [0, 0.05) is 25.3 Å². The average molecular weight is 264 g/mol. The molecule has 0 aliphatic carbocycles. The van der Waals surface area contributed by atoms with Gasteiger partial charge in [-0.3, -0.25) is 4.90 Å². The van der Waals surface area contributed by atoms with Crippen LogP contribution in [0.4, 0.5) is 0 Å². The fourth-order valence-electron chi connectivity index (χ4n) is 2.52. The minimum Gasteiger partial charge on any atom is -0.478 e. The van der Waals surface area contributed by atoms with Crippen molar-refractivity contribution in [2.75, 3.05) is 27.2 Å². The maximum absolute atomic E-state index is 11.1. The summed E-state index contributed by atoms with van der Waals surface area (Å²) >= 11 is 0. The van der Waals surface area contributed by atoms with E-state index in [4.69, 9.17) is 5.11 Å². The smallest absolute Gasteiger partial charge is 0.339 e. The zero-order valence-corrected chi connectivity index (χ0v) is 11.4. The lowest BCUT2D eigenvalue weighted by Gasteiger charge is -2.35. The molecule has 1 aliphatic heterocycles. The Morgan fingerprint density at radius 3 is 3.11 bits per heavy atom. The van der Waals surface area contributed by atoms with Gasteiger partial charge in [0.15, 0.2) is 0 Å². The lowest BCUT2D eigenvalue weighted by Crippen LogP contribution is -2.44. The highest BCUT2D eigenvalue weighted by Gasteiger charge is 2.22. The van der Waals surface area contributed by atoms with Crippen LogP contribution in [0.3, 0.4) is 0 Å². The van der Waals surface area contributed by atoms with Crippen LogP contribution in [-0.2, 0) is 6.54 Å². The highest BCUT2D eigenvalue weighted by molar-refractivity contribution is 5.88. The summed E-state index contributed by atoms with van der Waals surface area (Å²) in [4.78, 5) is 23.5. The van der Waals surface area contributed by atoms with Crippen LogP contribution in [0, 0.1) is 0 Å². The molecule has 0 bridgehead atoms. The Morgan fingerprint density at radius 1 is 1.63 bits per heavy atom. The number of likely N-dealkylation sites (tertiary alicyclic amines) is 1. The van der Waals surface area contributed by atoms with Crippen molar-refractivity contribution in [3.63, 3.8) is 0 Å². The second-order valence-corrected chi connectivity index (χ2v) is 5.16. The van der Waals surface area contributed by atoms with Gasteiger partial charge in [0.25, 0.3) is 0 Å². The molecule has 1 N–H and O–H groups in total. The number of carboxylic acid groups (broad SMARTS) is 1. The highest BCUT2D eigenvalue weighted by Crippen LogP contribution is 2.16. The van der Waals surface area contributed by atoms with Gasteiger partial charge < -0.3 is 10.0 Å². The molecule has 1 saturated heterocycles. The molecule has 104 valence electrons. The van der Waals surface area contributed by atoms with Crippen molar-refractivity contribution >= 4 is 5.97 Å². The van der Waals surface area contributed by atoms with Gasteiger partial charge in [0.05, 0.1) is 5.69 Å². The molecule has 1 fully saturated rings. The Hall–Kier alpha value is -1.53. The number of aromatic carboxylic acids is 1. The van der Waals surface area contributed by atoms with E-state index in [1.165, 1.54) is 18.9 Å². The van der Waals surface area contributed by atoms with Gasteiger partial charge in [-0.15, -0.1) is 0 Å². The molecule has 2 rings (SSSR count). The lowest BCUT2D eigenvalue weighted by molar-refractivity contribution is 0.0691. The molecule has 0 aromatic carbocycles. The molecule has 1 atom stereocenters. The van der Waals surface area contributed by atoms with E-state index in [-0.39, 0.29) is 5.56 Å². The summed E-state index contributed by atoms with van der Waals surface area (Å²) in [6, 6.07) is 0.454. The second-order valence-electron chi connectivity index (χ2n) is 5.16. The van der Waals surface area contributed by atoms with Gasteiger partial charge in [-0.25, -0.2) is 14.8 Å². The molecule has 1 unspecified atom stereocenters. The van der Waals surface area contributed by atoms with Gasteiger partial charge in [-0.05, 0) is 33.5 Å². The van der Waals surface area contributed by atoms with Crippen LogP contribution in [0.2, 0.25) is 0 Å². The topological polar surface area (TPSA) is 69.6 Å². The first-order valence-electron chi connectivity index (χ1n) is 6.49. The third kappa shape index (κ3) is 3.48. The van der Waals surface area contributed by atoms with Gasteiger partial charge in [0.2, 0.25) is 0 Å². The molecule has 0 amide bonds. The Balaban J connectivity index is 2.06. The fraction of sp³-hybridized carbons (Fsp3) is 0.615. The van der Waals surface area contributed by atoms with E-state index in [2.05, 4.69) is 26.8 Å². The predicted octanol–water partition coefficient (Wildman–Crippen LogP) is 0.701. The Morgan fingerprint density at radius 2 is 2.42 bits per heavy atom. The van der Waals surface area contributed by atoms with Crippen LogP contribution < -0.4 is 0 Å².